The van der Waals surface area contributed by atoms with Crippen LogP contribution in [0.2, 0.25) is 0 Å². The number of hydrogen-bond acceptors (Lipinski definition) is 4. The lowest BCUT2D eigenvalue weighted by Gasteiger charge is -2.28. The minimum absolute atomic E-state index is 0.0624. The maximum Gasteiger partial charge on any atom is 0.124 e. The molecule has 0 radical (unpaired) electrons. The first-order valence-electron chi connectivity index (χ1n) is 13.6. The number of hydrogen-bond donors (Lipinski definition) is 1. The number of benzene rings is 4. The summed E-state index contributed by atoms with van der Waals surface area (Å²) in [6, 6.07) is 35.1. The molecule has 4 nitrogen and oxygen atoms in total. The lowest BCUT2D eigenvalue weighted by atomic mass is 9.79. The summed E-state index contributed by atoms with van der Waals surface area (Å²) in [5, 5.41) is 14.5. The molecule has 0 aliphatic heterocycles. The fourth-order valence-corrected chi connectivity index (χ4v) is 10.2. The Labute approximate surface area is 251 Å². The molecule has 0 aliphatic carbocycles. The zero-order valence-electron chi connectivity index (χ0n) is 24.6. The van der Waals surface area contributed by atoms with E-state index in [0.29, 0.717) is 17.0 Å². The standard InChI is InChI=1S/C20H19ClP.C14H22O4S/c21-16-17-22(18-10-4-1-5-11-18,19-12-6-2-7-13-19)20-14-8-3-9-15-20;1-13(2,3)10-7-9(19(16,17)18)8-11(12(10)15)14(4,5)6/h1-15H,16-17H2;7-8,15H,1-6H3,(H,16,17,18)/q+1;/p-1. The van der Waals surface area contributed by atoms with Crippen LogP contribution in [0.1, 0.15) is 52.7 Å². The van der Waals surface area contributed by atoms with Crippen LogP contribution < -0.4 is 15.9 Å². The van der Waals surface area contributed by atoms with Crippen molar-refractivity contribution in [1.82, 2.24) is 0 Å². The number of halogens is 1. The minimum atomic E-state index is -4.55. The van der Waals surface area contributed by atoms with Gasteiger partial charge in [0.1, 0.15) is 39.0 Å². The van der Waals surface area contributed by atoms with E-state index in [1.54, 1.807) is 0 Å². The Bertz CT molecular complexity index is 1400. The highest BCUT2D eigenvalue weighted by molar-refractivity contribution is 7.95. The Hall–Kier alpha value is -2.69. The summed E-state index contributed by atoms with van der Waals surface area (Å²) in [5.41, 5.74) is 0.0268. The molecule has 0 unspecified atom stereocenters. The molecule has 0 amide bonds. The third-order valence-electron chi connectivity index (χ3n) is 7.00. The van der Waals surface area contributed by atoms with E-state index in [2.05, 4.69) is 91.0 Å². The predicted molar refractivity (Wildman–Crippen MR) is 174 cm³/mol. The summed E-state index contributed by atoms with van der Waals surface area (Å²) >= 11 is 6.26. The van der Waals surface area contributed by atoms with Gasteiger partial charge in [-0.25, -0.2) is 8.42 Å². The van der Waals surface area contributed by atoms with E-state index >= 15 is 0 Å². The topological polar surface area (TPSA) is 77.4 Å². The van der Waals surface area contributed by atoms with Gasteiger partial charge in [-0.1, -0.05) is 96.1 Å². The first kappa shape index (κ1) is 32.8. The van der Waals surface area contributed by atoms with Crippen molar-refractivity contribution in [3.05, 3.63) is 114 Å². The van der Waals surface area contributed by atoms with E-state index in [1.807, 2.05) is 41.5 Å². The van der Waals surface area contributed by atoms with E-state index < -0.39 is 28.2 Å². The molecule has 0 bridgehead atoms. The molecular formula is C34H40ClO4PS. The van der Waals surface area contributed by atoms with Gasteiger partial charge in [-0.3, -0.25) is 0 Å². The first-order valence-corrected chi connectivity index (χ1v) is 17.5. The average Bonchev–Trinajstić information content (AvgIpc) is 2.92. The number of phenols is 1. The maximum atomic E-state index is 11.3. The summed E-state index contributed by atoms with van der Waals surface area (Å²) in [7, 11) is -6.23. The molecule has 41 heavy (non-hydrogen) atoms. The fraction of sp³-hybridized carbons (Fsp3) is 0.294. The van der Waals surface area contributed by atoms with Crippen LogP contribution in [-0.2, 0) is 20.9 Å². The highest BCUT2D eigenvalue weighted by atomic mass is 35.5. The van der Waals surface area contributed by atoms with Gasteiger partial charge in [0, 0.05) is 11.1 Å². The largest absolute Gasteiger partial charge is 0.744 e. The number of phenolic OH excluding ortho intramolecular Hbond substituents is 1. The summed E-state index contributed by atoms with van der Waals surface area (Å²) < 4.78 is 33.8. The molecule has 0 aliphatic rings. The van der Waals surface area contributed by atoms with Gasteiger partial charge < -0.3 is 9.66 Å². The van der Waals surface area contributed by atoms with Crippen LogP contribution >= 0.6 is 18.9 Å². The van der Waals surface area contributed by atoms with Gasteiger partial charge in [-0.2, -0.15) is 0 Å². The number of rotatable bonds is 6. The highest BCUT2D eigenvalue weighted by Gasteiger charge is 2.44. The van der Waals surface area contributed by atoms with Crippen LogP contribution in [0.15, 0.2) is 108 Å². The molecule has 0 saturated heterocycles. The van der Waals surface area contributed by atoms with E-state index in [9.17, 15) is 18.1 Å². The normalized spacial score (nSPS) is 12.4. The fourth-order valence-electron chi connectivity index (χ4n) is 4.90. The quantitative estimate of drug-likeness (QED) is 0.143. The average molecular weight is 611 g/mol. The van der Waals surface area contributed by atoms with E-state index in [-0.39, 0.29) is 10.6 Å². The highest BCUT2D eigenvalue weighted by Crippen LogP contribution is 2.55. The minimum Gasteiger partial charge on any atom is -0.744 e. The maximum absolute atomic E-state index is 11.3. The predicted octanol–water partition coefficient (Wildman–Crippen LogP) is 7.11. The Morgan fingerprint density at radius 3 is 1.24 bits per heavy atom. The van der Waals surface area contributed by atoms with Crippen molar-refractivity contribution in [3.63, 3.8) is 0 Å². The van der Waals surface area contributed by atoms with Crippen molar-refractivity contribution < 1.29 is 18.1 Å². The Morgan fingerprint density at radius 2 is 1.00 bits per heavy atom. The molecule has 0 aromatic heterocycles. The van der Waals surface area contributed by atoms with Crippen molar-refractivity contribution in [1.29, 1.82) is 0 Å². The molecule has 0 fully saturated rings. The van der Waals surface area contributed by atoms with Crippen LogP contribution in [0.3, 0.4) is 0 Å². The van der Waals surface area contributed by atoms with Crippen LogP contribution in [0.25, 0.3) is 0 Å². The lowest BCUT2D eigenvalue weighted by Crippen LogP contribution is -2.33. The molecule has 4 aromatic carbocycles. The van der Waals surface area contributed by atoms with Gasteiger partial charge in [-0.05, 0) is 59.4 Å². The van der Waals surface area contributed by atoms with Crippen molar-refractivity contribution in [2.45, 2.75) is 57.3 Å². The van der Waals surface area contributed by atoms with Gasteiger partial charge in [0.2, 0.25) is 0 Å². The smallest absolute Gasteiger partial charge is 0.124 e. The molecule has 0 saturated carbocycles. The molecule has 0 atom stereocenters. The van der Waals surface area contributed by atoms with E-state index in [1.165, 1.54) is 28.0 Å². The Balaban J connectivity index is 0.000000229. The molecule has 1 N–H and O–H groups in total. The van der Waals surface area contributed by atoms with Gasteiger partial charge in [-0.15, -0.1) is 11.6 Å². The summed E-state index contributed by atoms with van der Waals surface area (Å²) in [4.78, 5) is -0.292. The molecule has 4 rings (SSSR count). The van der Waals surface area contributed by atoms with Crippen LogP contribution in [0.5, 0.6) is 5.75 Å². The molecule has 4 aromatic rings. The Morgan fingerprint density at radius 1 is 0.683 bits per heavy atom. The second-order valence-corrected chi connectivity index (χ2v) is 17.4. The van der Waals surface area contributed by atoms with Crippen LogP contribution in [0.4, 0.5) is 0 Å². The first-order chi connectivity index (χ1) is 19.1. The van der Waals surface area contributed by atoms with Crippen molar-refractivity contribution >= 4 is 44.9 Å². The molecule has 218 valence electrons. The number of alkyl halides is 1. The van der Waals surface area contributed by atoms with Gasteiger partial charge >= 0.3 is 0 Å². The van der Waals surface area contributed by atoms with Crippen molar-refractivity contribution in [3.8, 4) is 5.75 Å². The van der Waals surface area contributed by atoms with E-state index in [4.69, 9.17) is 11.6 Å². The second kappa shape index (κ2) is 13.1. The summed E-state index contributed by atoms with van der Waals surface area (Å²) in [6.45, 7) is 11.1. The third-order valence-corrected chi connectivity index (χ3v) is 12.7. The van der Waals surface area contributed by atoms with Crippen molar-refractivity contribution in [2.75, 3.05) is 12.0 Å². The monoisotopic (exact) mass is 610 g/mol. The lowest BCUT2D eigenvalue weighted by molar-refractivity contribution is 0.420. The van der Waals surface area contributed by atoms with Gasteiger partial charge in [0.05, 0.1) is 16.9 Å². The van der Waals surface area contributed by atoms with Crippen LogP contribution in [-0.4, -0.2) is 30.1 Å². The SMILES string of the molecule is CC(C)(C)c1cc(S(=O)(=O)[O-])cc(C(C)(C)C)c1O.ClCC[P+](c1ccccc1)(c1ccccc1)c1ccccc1. The molecule has 0 heterocycles. The van der Waals surface area contributed by atoms with Crippen molar-refractivity contribution in [2.24, 2.45) is 0 Å². The van der Waals surface area contributed by atoms with Gasteiger partial charge in [0.25, 0.3) is 0 Å². The molecule has 7 heteroatoms. The van der Waals surface area contributed by atoms with Gasteiger partial charge in [0.15, 0.2) is 0 Å². The number of aromatic hydroxyl groups is 1. The van der Waals surface area contributed by atoms with E-state index in [0.717, 1.165) is 6.16 Å². The second-order valence-electron chi connectivity index (χ2n) is 12.1. The van der Waals surface area contributed by atoms with Crippen LogP contribution in [0, 0.1) is 0 Å². The third kappa shape index (κ3) is 7.78. The molecule has 0 spiro atoms. The summed E-state index contributed by atoms with van der Waals surface area (Å²) in [6.07, 6.45) is 0.979. The zero-order valence-corrected chi connectivity index (χ0v) is 27.1. The molecular weight excluding hydrogens is 571 g/mol. The summed E-state index contributed by atoms with van der Waals surface area (Å²) in [5.74, 6) is 0.722. The Kier molecular flexibility index (Phi) is 10.5. The zero-order chi connectivity index (χ0) is 30.5.